The third-order valence-electron chi connectivity index (χ3n) is 5.89. The summed E-state index contributed by atoms with van der Waals surface area (Å²) in [7, 11) is 0. The first-order chi connectivity index (χ1) is 17.5. The normalized spacial score (nSPS) is 16.8. The number of carbonyl (C=O) groups is 2. The number of likely N-dealkylation sites (tertiary alicyclic amines) is 1. The van der Waals surface area contributed by atoms with Gasteiger partial charge in [0.25, 0.3) is 11.7 Å². The summed E-state index contributed by atoms with van der Waals surface area (Å²) in [5, 5.41) is 11.7. The molecule has 1 amide bonds. The van der Waals surface area contributed by atoms with Crippen molar-refractivity contribution in [1.82, 2.24) is 9.88 Å². The molecule has 1 N–H and O–H groups in total. The van der Waals surface area contributed by atoms with Crippen LogP contribution >= 0.6 is 11.6 Å². The zero-order chi connectivity index (χ0) is 25.1. The summed E-state index contributed by atoms with van der Waals surface area (Å²) < 4.78 is 5.99. The van der Waals surface area contributed by atoms with Crippen LogP contribution in [0, 0.1) is 0 Å². The highest BCUT2D eigenvalue weighted by atomic mass is 35.5. The Balaban J connectivity index is 1.61. The number of carbonyl (C=O) groups excluding carboxylic acids is 2. The van der Waals surface area contributed by atoms with Gasteiger partial charge in [0.05, 0.1) is 11.6 Å². The Morgan fingerprint density at radius 3 is 2.39 bits per heavy atom. The summed E-state index contributed by atoms with van der Waals surface area (Å²) in [6, 6.07) is 25.7. The predicted octanol–water partition coefficient (Wildman–Crippen LogP) is 6.15. The van der Waals surface area contributed by atoms with E-state index in [1.807, 2.05) is 36.4 Å². The Kier molecular flexibility index (Phi) is 6.52. The second kappa shape index (κ2) is 10.1. The Morgan fingerprint density at radius 2 is 1.67 bits per heavy atom. The number of halogens is 1. The Bertz CT molecular complexity index is 1440. The van der Waals surface area contributed by atoms with Gasteiger partial charge in [-0.1, -0.05) is 48.0 Å². The third-order valence-corrected chi connectivity index (χ3v) is 6.14. The standard InChI is InChI=1S/C29H21ClN2O4/c30-22-13-11-20(12-14-22)27(33)25-26(32(29(35)28(25)34)18-19-6-5-15-31-17-19)21-7-4-10-24(16-21)36-23-8-2-1-3-9-23/h1-17,26,33H,18H2/b27-25+/t26-/m0/s1. The lowest BCUT2D eigenvalue weighted by Gasteiger charge is -2.25. The summed E-state index contributed by atoms with van der Waals surface area (Å²) in [6.07, 6.45) is 3.28. The lowest BCUT2D eigenvalue weighted by molar-refractivity contribution is -0.140. The molecule has 0 spiro atoms. The first-order valence-corrected chi connectivity index (χ1v) is 11.6. The Morgan fingerprint density at radius 1 is 0.917 bits per heavy atom. The molecule has 1 aromatic heterocycles. The van der Waals surface area contributed by atoms with Gasteiger partial charge >= 0.3 is 0 Å². The van der Waals surface area contributed by atoms with Crippen LogP contribution in [0.25, 0.3) is 5.76 Å². The van der Waals surface area contributed by atoms with Crippen LogP contribution in [0.1, 0.15) is 22.7 Å². The fraction of sp³-hybridized carbons (Fsp3) is 0.0690. The fourth-order valence-corrected chi connectivity index (χ4v) is 4.34. The van der Waals surface area contributed by atoms with Crippen LogP contribution in [0.2, 0.25) is 5.02 Å². The van der Waals surface area contributed by atoms with Crippen molar-refractivity contribution in [1.29, 1.82) is 0 Å². The van der Waals surface area contributed by atoms with Gasteiger partial charge in [0, 0.05) is 29.5 Å². The SMILES string of the molecule is O=C1C(=O)N(Cc2cccnc2)[C@@H](c2cccc(Oc3ccccc3)c2)/C1=C(\O)c1ccc(Cl)cc1. The molecule has 5 rings (SSSR count). The number of aromatic nitrogens is 1. The van der Waals surface area contributed by atoms with Crippen LogP contribution in [0.3, 0.4) is 0 Å². The van der Waals surface area contributed by atoms with E-state index in [2.05, 4.69) is 4.98 Å². The molecule has 1 aliphatic heterocycles. The molecule has 0 bridgehead atoms. The van der Waals surface area contributed by atoms with Gasteiger partial charge in [0.2, 0.25) is 0 Å². The second-order valence-electron chi connectivity index (χ2n) is 8.28. The molecule has 1 fully saturated rings. The van der Waals surface area contributed by atoms with Crippen LogP contribution < -0.4 is 4.74 Å². The van der Waals surface area contributed by atoms with Gasteiger partial charge in [0.1, 0.15) is 17.3 Å². The highest BCUT2D eigenvalue weighted by molar-refractivity contribution is 6.46. The van der Waals surface area contributed by atoms with Crippen molar-refractivity contribution in [2.45, 2.75) is 12.6 Å². The molecule has 0 unspecified atom stereocenters. The number of benzene rings is 3. The summed E-state index contributed by atoms with van der Waals surface area (Å²) in [5.41, 5.74) is 1.78. The van der Waals surface area contributed by atoms with Gasteiger partial charge in [-0.05, 0) is 65.7 Å². The quantitative estimate of drug-likeness (QED) is 0.197. The fourth-order valence-electron chi connectivity index (χ4n) is 4.21. The number of pyridine rings is 1. The van der Waals surface area contributed by atoms with Crippen molar-refractivity contribution in [3.8, 4) is 11.5 Å². The minimum Gasteiger partial charge on any atom is -0.507 e. The second-order valence-corrected chi connectivity index (χ2v) is 8.72. The Labute approximate surface area is 213 Å². The monoisotopic (exact) mass is 496 g/mol. The summed E-state index contributed by atoms with van der Waals surface area (Å²) in [6.45, 7) is 0.143. The van der Waals surface area contributed by atoms with Gasteiger partial charge in [-0.25, -0.2) is 0 Å². The van der Waals surface area contributed by atoms with Crippen LogP contribution in [0.5, 0.6) is 11.5 Å². The highest BCUT2D eigenvalue weighted by Gasteiger charge is 2.46. The largest absolute Gasteiger partial charge is 0.507 e. The number of ether oxygens (including phenoxy) is 1. The zero-order valence-corrected chi connectivity index (χ0v) is 19.8. The van der Waals surface area contributed by atoms with Gasteiger partial charge in [-0.2, -0.15) is 0 Å². The van der Waals surface area contributed by atoms with E-state index in [0.29, 0.717) is 27.6 Å². The van der Waals surface area contributed by atoms with E-state index in [4.69, 9.17) is 16.3 Å². The lowest BCUT2D eigenvalue weighted by atomic mass is 9.95. The number of amides is 1. The average Bonchev–Trinajstić information content (AvgIpc) is 3.15. The maximum Gasteiger partial charge on any atom is 0.295 e. The first kappa shape index (κ1) is 23.3. The zero-order valence-electron chi connectivity index (χ0n) is 19.0. The molecule has 7 heteroatoms. The summed E-state index contributed by atoms with van der Waals surface area (Å²) >= 11 is 6.00. The van der Waals surface area contributed by atoms with Gasteiger partial charge in [-0.15, -0.1) is 0 Å². The van der Waals surface area contributed by atoms with E-state index < -0.39 is 17.7 Å². The number of nitrogens with zero attached hydrogens (tertiary/aromatic N) is 2. The molecule has 3 aromatic carbocycles. The molecule has 36 heavy (non-hydrogen) atoms. The summed E-state index contributed by atoms with van der Waals surface area (Å²) in [4.78, 5) is 32.1. The third kappa shape index (κ3) is 4.72. The van der Waals surface area contributed by atoms with Crippen LogP contribution in [-0.2, 0) is 16.1 Å². The topological polar surface area (TPSA) is 79.7 Å². The van der Waals surface area contributed by atoms with Crippen LogP contribution in [0.4, 0.5) is 0 Å². The number of rotatable bonds is 6. The van der Waals surface area contributed by atoms with Crippen molar-refractivity contribution in [3.05, 3.63) is 131 Å². The predicted molar refractivity (Wildman–Crippen MR) is 136 cm³/mol. The van der Waals surface area contributed by atoms with Crippen molar-refractivity contribution in [2.75, 3.05) is 0 Å². The van der Waals surface area contributed by atoms with Crippen LogP contribution in [-0.4, -0.2) is 26.7 Å². The van der Waals surface area contributed by atoms with E-state index in [-0.39, 0.29) is 17.9 Å². The van der Waals surface area contributed by atoms with Crippen molar-refractivity contribution in [2.24, 2.45) is 0 Å². The maximum atomic E-state index is 13.3. The van der Waals surface area contributed by atoms with Gasteiger partial charge in [0.15, 0.2) is 0 Å². The molecule has 4 aromatic rings. The minimum absolute atomic E-state index is 0.00285. The molecule has 178 valence electrons. The average molecular weight is 497 g/mol. The molecular weight excluding hydrogens is 476 g/mol. The number of ketones is 1. The molecule has 6 nitrogen and oxygen atoms in total. The first-order valence-electron chi connectivity index (χ1n) is 11.3. The number of hydrogen-bond donors (Lipinski definition) is 1. The number of Topliss-reactive ketones (excluding diaryl/α,β-unsaturated/α-hetero) is 1. The molecule has 1 aliphatic rings. The number of aliphatic hydroxyl groups is 1. The lowest BCUT2D eigenvalue weighted by Crippen LogP contribution is -2.29. The molecular formula is C29H21ClN2O4. The smallest absolute Gasteiger partial charge is 0.295 e. The molecule has 0 saturated carbocycles. The van der Waals surface area contributed by atoms with Crippen LogP contribution in [0.15, 0.2) is 109 Å². The van der Waals surface area contributed by atoms with E-state index in [9.17, 15) is 14.7 Å². The van der Waals surface area contributed by atoms with Gasteiger partial charge in [-0.3, -0.25) is 14.6 Å². The molecule has 0 aliphatic carbocycles. The summed E-state index contributed by atoms with van der Waals surface area (Å²) in [5.74, 6) is -0.532. The van der Waals surface area contributed by atoms with E-state index in [0.717, 1.165) is 5.56 Å². The highest BCUT2D eigenvalue weighted by Crippen LogP contribution is 2.41. The number of aliphatic hydroxyl groups excluding tert-OH is 1. The molecule has 0 radical (unpaired) electrons. The molecule has 1 saturated heterocycles. The number of hydrogen-bond acceptors (Lipinski definition) is 5. The molecule has 1 atom stereocenters. The number of para-hydroxylation sites is 1. The molecule has 2 heterocycles. The van der Waals surface area contributed by atoms with Gasteiger partial charge < -0.3 is 14.7 Å². The maximum absolute atomic E-state index is 13.3. The van der Waals surface area contributed by atoms with E-state index in [1.54, 1.807) is 67.0 Å². The van der Waals surface area contributed by atoms with E-state index >= 15 is 0 Å². The van der Waals surface area contributed by atoms with Crippen molar-refractivity contribution >= 4 is 29.1 Å². The van der Waals surface area contributed by atoms with E-state index in [1.165, 1.54) is 4.90 Å². The minimum atomic E-state index is -0.833. The van der Waals surface area contributed by atoms with Crippen molar-refractivity contribution in [3.63, 3.8) is 0 Å². The Hall–Kier alpha value is -4.42. The van der Waals surface area contributed by atoms with Crippen molar-refractivity contribution < 1.29 is 19.4 Å².